The zero-order valence-corrected chi connectivity index (χ0v) is 13.9. The summed E-state index contributed by atoms with van der Waals surface area (Å²) in [6.45, 7) is 1.99. The van der Waals surface area contributed by atoms with Crippen molar-refractivity contribution in [2.75, 3.05) is 18.1 Å². The van der Waals surface area contributed by atoms with E-state index in [1.807, 2.05) is 0 Å². The molecule has 1 aromatic heterocycles. The second-order valence-corrected chi connectivity index (χ2v) is 7.68. The molecule has 1 amide bonds. The van der Waals surface area contributed by atoms with Gasteiger partial charge >= 0.3 is 5.97 Å². The Balaban J connectivity index is 1.74. The van der Waals surface area contributed by atoms with Crippen LogP contribution in [-0.2, 0) is 16.6 Å². The molecule has 1 aromatic rings. The summed E-state index contributed by atoms with van der Waals surface area (Å²) in [5.41, 5.74) is 4.76. The number of nitrogens with two attached hydrogens (primary N) is 1. The predicted molar refractivity (Wildman–Crippen MR) is 82.5 cm³/mol. The minimum absolute atomic E-state index is 0.0814. The lowest BCUT2D eigenvalue weighted by Gasteiger charge is -2.52. The molecule has 3 rings (SSSR count). The normalized spacial score (nSPS) is 30.9. The van der Waals surface area contributed by atoms with Crippen molar-refractivity contribution in [1.82, 2.24) is 19.7 Å². The number of fused-ring (bicyclic) bond motifs is 1. The molecule has 0 aliphatic carbocycles. The van der Waals surface area contributed by atoms with E-state index in [0.717, 1.165) is 0 Å². The summed E-state index contributed by atoms with van der Waals surface area (Å²) >= 11 is 2.80. The van der Waals surface area contributed by atoms with E-state index in [9.17, 15) is 14.7 Å². The largest absolute Gasteiger partial charge is 0.481 e. The third-order valence-electron chi connectivity index (χ3n) is 3.95. The number of aromatic nitrogens is 3. The van der Waals surface area contributed by atoms with Gasteiger partial charge < -0.3 is 15.7 Å². The van der Waals surface area contributed by atoms with Gasteiger partial charge in [0.25, 0.3) is 0 Å². The van der Waals surface area contributed by atoms with Gasteiger partial charge in [-0.2, -0.15) is 5.10 Å². The molecule has 3 atom stereocenters. The zero-order valence-electron chi connectivity index (χ0n) is 12.2. The van der Waals surface area contributed by atoms with Gasteiger partial charge in [-0.25, -0.2) is 9.67 Å². The Morgan fingerprint density at radius 2 is 2.36 bits per heavy atom. The van der Waals surface area contributed by atoms with Crippen molar-refractivity contribution in [3.05, 3.63) is 5.82 Å². The van der Waals surface area contributed by atoms with Crippen molar-refractivity contribution in [3.63, 3.8) is 0 Å². The number of hydrogen-bond donors (Lipinski definition) is 2. The van der Waals surface area contributed by atoms with Gasteiger partial charge in [0.05, 0.1) is 0 Å². The number of aliphatic carboxylic acids is 1. The molecule has 3 heterocycles. The molecule has 0 saturated carbocycles. The maximum absolute atomic E-state index is 11.8. The molecule has 8 nitrogen and oxygen atoms in total. The van der Waals surface area contributed by atoms with Crippen LogP contribution in [0.3, 0.4) is 0 Å². The summed E-state index contributed by atoms with van der Waals surface area (Å²) in [4.78, 5) is 29.5. The fourth-order valence-corrected chi connectivity index (χ4v) is 5.39. The van der Waals surface area contributed by atoms with Crippen molar-refractivity contribution >= 4 is 35.4 Å². The molecule has 3 N–H and O–H groups in total. The van der Waals surface area contributed by atoms with Gasteiger partial charge in [-0.1, -0.05) is 11.8 Å². The first-order valence-corrected chi connectivity index (χ1v) is 8.79. The van der Waals surface area contributed by atoms with Crippen LogP contribution in [-0.4, -0.2) is 66.1 Å². The first kappa shape index (κ1) is 15.6. The highest BCUT2D eigenvalue weighted by molar-refractivity contribution is 8.00. The van der Waals surface area contributed by atoms with Crippen LogP contribution in [0, 0.1) is 12.3 Å². The Hall–Kier alpha value is -1.26. The molecule has 0 radical (unpaired) electrons. The summed E-state index contributed by atoms with van der Waals surface area (Å²) in [5, 5.41) is 14.4. The lowest BCUT2D eigenvalue weighted by molar-refractivity contribution is -0.155. The predicted octanol–water partition coefficient (Wildman–Crippen LogP) is -0.471. The average Bonchev–Trinajstić information content (AvgIpc) is 2.81. The van der Waals surface area contributed by atoms with Crippen LogP contribution < -0.4 is 5.73 Å². The topological polar surface area (TPSA) is 114 Å². The van der Waals surface area contributed by atoms with Crippen LogP contribution in [0.15, 0.2) is 5.16 Å². The molecule has 2 aliphatic heterocycles. The van der Waals surface area contributed by atoms with Crippen molar-refractivity contribution in [2.24, 2.45) is 18.2 Å². The Bertz CT molecular complexity index is 636. The van der Waals surface area contributed by atoms with Crippen molar-refractivity contribution in [3.8, 4) is 0 Å². The summed E-state index contributed by atoms with van der Waals surface area (Å²) in [6, 6.07) is -0.495. The highest BCUT2D eigenvalue weighted by Crippen LogP contribution is 2.43. The summed E-state index contributed by atoms with van der Waals surface area (Å²) in [6.07, 6.45) is 0. The van der Waals surface area contributed by atoms with Crippen LogP contribution in [0.25, 0.3) is 0 Å². The number of carbonyl (C=O) groups is 2. The van der Waals surface area contributed by atoms with Crippen molar-refractivity contribution in [2.45, 2.75) is 23.5 Å². The van der Waals surface area contributed by atoms with E-state index in [2.05, 4.69) is 10.1 Å². The van der Waals surface area contributed by atoms with Gasteiger partial charge in [-0.15, -0.1) is 11.8 Å². The number of β-lactam (4-membered cyclic amide) rings is 1. The molecule has 22 heavy (non-hydrogen) atoms. The number of amides is 1. The fourth-order valence-electron chi connectivity index (χ4n) is 2.63. The zero-order chi connectivity index (χ0) is 16.1. The van der Waals surface area contributed by atoms with E-state index in [1.54, 1.807) is 23.6 Å². The van der Waals surface area contributed by atoms with Gasteiger partial charge in [0, 0.05) is 25.1 Å². The Morgan fingerprint density at radius 3 is 2.95 bits per heavy atom. The minimum Gasteiger partial charge on any atom is -0.481 e. The second kappa shape index (κ2) is 5.43. The smallest absolute Gasteiger partial charge is 0.313 e. The number of carboxylic acids is 1. The maximum Gasteiger partial charge on any atom is 0.313 e. The van der Waals surface area contributed by atoms with Gasteiger partial charge in [0.2, 0.25) is 5.91 Å². The van der Waals surface area contributed by atoms with Gasteiger partial charge in [-0.3, -0.25) is 9.59 Å². The quantitative estimate of drug-likeness (QED) is 0.557. The molecule has 0 spiro atoms. The monoisotopic (exact) mass is 343 g/mol. The number of thioether (sulfide) groups is 2. The SMILES string of the molecule is Cc1nc(SCC2(C(=O)O)CS[C@@H]3C(N)C(=O)N3C2)n(C)n1. The second-order valence-electron chi connectivity index (χ2n) is 5.63. The fraction of sp³-hybridized carbons (Fsp3) is 0.667. The summed E-state index contributed by atoms with van der Waals surface area (Å²) in [5.74, 6) is 0.373. The lowest BCUT2D eigenvalue weighted by Crippen LogP contribution is -2.72. The van der Waals surface area contributed by atoms with Crippen LogP contribution in [0.1, 0.15) is 5.82 Å². The Morgan fingerprint density at radius 1 is 1.64 bits per heavy atom. The number of rotatable bonds is 4. The molecule has 2 saturated heterocycles. The third kappa shape index (κ3) is 2.38. The van der Waals surface area contributed by atoms with Crippen molar-refractivity contribution in [1.29, 1.82) is 0 Å². The van der Waals surface area contributed by atoms with Gasteiger partial charge in [-0.05, 0) is 6.92 Å². The van der Waals surface area contributed by atoms with E-state index in [4.69, 9.17) is 5.73 Å². The van der Waals surface area contributed by atoms with E-state index < -0.39 is 17.4 Å². The van der Waals surface area contributed by atoms with Crippen LogP contribution in [0.4, 0.5) is 0 Å². The molecule has 2 unspecified atom stereocenters. The molecule has 0 aromatic carbocycles. The molecule has 2 fully saturated rings. The van der Waals surface area contributed by atoms with Gasteiger partial charge in [0.1, 0.15) is 22.7 Å². The minimum atomic E-state index is -0.985. The molecule has 0 bridgehead atoms. The standard InChI is InChI=1S/C12H17N5O3S2/c1-6-14-11(16(2)15-6)22-5-12(10(19)20)3-17-8(18)7(13)9(17)21-4-12/h7,9H,3-5,13H2,1-2H3,(H,19,20)/t7?,9-,12?/m1/s1. The number of hydrogen-bond acceptors (Lipinski definition) is 7. The van der Waals surface area contributed by atoms with E-state index in [-0.39, 0.29) is 17.8 Å². The van der Waals surface area contributed by atoms with E-state index >= 15 is 0 Å². The molecule has 2 aliphatic rings. The number of carboxylic acid groups (broad SMARTS) is 1. The van der Waals surface area contributed by atoms with Crippen LogP contribution in [0.5, 0.6) is 0 Å². The maximum atomic E-state index is 11.8. The first-order chi connectivity index (χ1) is 10.3. The molecular weight excluding hydrogens is 326 g/mol. The highest BCUT2D eigenvalue weighted by Gasteiger charge is 2.55. The first-order valence-electron chi connectivity index (χ1n) is 6.75. The third-order valence-corrected chi connectivity index (χ3v) is 6.87. The lowest BCUT2D eigenvalue weighted by atomic mass is 9.89. The van der Waals surface area contributed by atoms with Gasteiger partial charge in [0.15, 0.2) is 5.16 Å². The molecule has 120 valence electrons. The van der Waals surface area contributed by atoms with Crippen LogP contribution in [0.2, 0.25) is 0 Å². The Labute approximate surface area is 135 Å². The summed E-state index contributed by atoms with van der Waals surface area (Å²) < 4.78 is 1.64. The van der Waals surface area contributed by atoms with Crippen LogP contribution >= 0.6 is 23.5 Å². The Kier molecular flexibility index (Phi) is 3.86. The number of aryl methyl sites for hydroxylation is 2. The number of nitrogens with zero attached hydrogens (tertiary/aromatic N) is 4. The van der Waals surface area contributed by atoms with E-state index in [0.29, 0.717) is 22.5 Å². The van der Waals surface area contributed by atoms with E-state index in [1.165, 1.54) is 23.5 Å². The summed E-state index contributed by atoms with van der Waals surface area (Å²) in [7, 11) is 1.78. The molecule has 10 heteroatoms. The van der Waals surface area contributed by atoms with Crippen molar-refractivity contribution < 1.29 is 14.7 Å². The number of carbonyl (C=O) groups excluding carboxylic acids is 1. The average molecular weight is 343 g/mol. The molecular formula is C12H17N5O3S2. The highest BCUT2D eigenvalue weighted by atomic mass is 32.2.